The Morgan fingerprint density at radius 3 is 2.71 bits per heavy atom. The third-order valence-electron chi connectivity index (χ3n) is 3.64. The molecule has 14 heavy (non-hydrogen) atoms. The van der Waals surface area contributed by atoms with Crippen molar-refractivity contribution < 1.29 is 0 Å². The van der Waals surface area contributed by atoms with Gasteiger partial charge in [-0.1, -0.05) is 38.9 Å². The fourth-order valence-corrected chi connectivity index (χ4v) is 2.77. The van der Waals surface area contributed by atoms with Crippen molar-refractivity contribution in [2.75, 3.05) is 7.05 Å². The summed E-state index contributed by atoms with van der Waals surface area (Å²) in [5.41, 5.74) is 0. The highest BCUT2D eigenvalue weighted by Crippen LogP contribution is 2.31. The summed E-state index contributed by atoms with van der Waals surface area (Å²) in [6.45, 7) is 3.28. The third-order valence-corrected chi connectivity index (χ3v) is 3.64. The van der Waals surface area contributed by atoms with Gasteiger partial charge in [0, 0.05) is 0 Å². The first kappa shape index (κ1) is 10.6. The van der Waals surface area contributed by atoms with Gasteiger partial charge in [0.25, 0.3) is 21.5 Å². The van der Waals surface area contributed by atoms with Crippen LogP contribution in [0.1, 0.15) is 32.1 Å². The van der Waals surface area contributed by atoms with Crippen LogP contribution in [0.25, 0.3) is 0 Å². The van der Waals surface area contributed by atoms with Crippen molar-refractivity contribution in [3.05, 3.63) is 0 Å². The molecule has 0 aromatic heterocycles. The SMILES string of the molecule is CB1NBN(C)B(C2CCCCC2)N1. The maximum absolute atomic E-state index is 3.65. The van der Waals surface area contributed by atoms with E-state index < -0.39 is 0 Å². The minimum Gasteiger partial charge on any atom is -0.374 e. The molecule has 1 saturated carbocycles. The van der Waals surface area contributed by atoms with Crippen molar-refractivity contribution >= 4 is 21.5 Å². The highest BCUT2D eigenvalue weighted by molar-refractivity contribution is 6.81. The third kappa shape index (κ3) is 2.36. The Morgan fingerprint density at radius 2 is 2.00 bits per heavy atom. The molecule has 2 fully saturated rings. The van der Waals surface area contributed by atoms with Gasteiger partial charge in [0.15, 0.2) is 0 Å². The van der Waals surface area contributed by atoms with Crippen LogP contribution in [-0.2, 0) is 0 Å². The highest BCUT2D eigenvalue weighted by atomic mass is 15.1. The van der Waals surface area contributed by atoms with E-state index in [9.17, 15) is 0 Å². The monoisotopic (exact) mass is 191 g/mol. The van der Waals surface area contributed by atoms with E-state index in [1.807, 2.05) is 0 Å². The van der Waals surface area contributed by atoms with E-state index in [4.69, 9.17) is 0 Å². The number of nitrogens with zero attached hydrogens (tertiary/aromatic N) is 1. The molecule has 1 heterocycles. The molecule has 2 N–H and O–H groups in total. The van der Waals surface area contributed by atoms with E-state index in [0.29, 0.717) is 14.0 Å². The van der Waals surface area contributed by atoms with Crippen LogP contribution in [0.3, 0.4) is 0 Å². The molecule has 0 spiro atoms. The molecule has 3 nitrogen and oxygen atoms in total. The predicted octanol–water partition coefficient (Wildman–Crippen LogP) is 0.318. The second kappa shape index (κ2) is 4.73. The molecule has 2 rings (SSSR count). The fourth-order valence-electron chi connectivity index (χ4n) is 2.77. The van der Waals surface area contributed by atoms with Crippen LogP contribution >= 0.6 is 0 Å². The average Bonchev–Trinajstić information content (AvgIpc) is 2.23. The van der Waals surface area contributed by atoms with E-state index in [1.54, 1.807) is 0 Å². The Labute approximate surface area is 88.9 Å². The molecular weight excluding hydrogens is 171 g/mol. The molecule has 0 atom stereocenters. The number of nitrogens with one attached hydrogen (secondary N) is 2. The van der Waals surface area contributed by atoms with Crippen molar-refractivity contribution in [1.29, 1.82) is 0 Å². The van der Waals surface area contributed by atoms with Crippen LogP contribution in [-0.4, -0.2) is 33.3 Å². The van der Waals surface area contributed by atoms with Gasteiger partial charge < -0.3 is 15.0 Å². The minimum atomic E-state index is 0.470. The first-order valence-corrected chi connectivity index (χ1v) is 5.97. The van der Waals surface area contributed by atoms with Crippen LogP contribution in [0.15, 0.2) is 0 Å². The van der Waals surface area contributed by atoms with Crippen molar-refractivity contribution in [1.82, 2.24) is 15.0 Å². The second-order valence-electron chi connectivity index (χ2n) is 4.85. The van der Waals surface area contributed by atoms with Gasteiger partial charge in [0.05, 0.1) is 0 Å². The van der Waals surface area contributed by atoms with Gasteiger partial charge in [-0.2, -0.15) is 0 Å². The summed E-state index contributed by atoms with van der Waals surface area (Å²) in [6, 6.07) is 0. The Hall–Kier alpha value is 0.0748. The van der Waals surface area contributed by atoms with Crippen LogP contribution < -0.4 is 10.3 Å². The van der Waals surface area contributed by atoms with Crippen LogP contribution in [0.4, 0.5) is 0 Å². The molecule has 0 amide bonds. The number of hydrogen-bond donors (Lipinski definition) is 2. The maximum atomic E-state index is 3.65. The molecule has 1 aliphatic heterocycles. The summed E-state index contributed by atoms with van der Waals surface area (Å²) in [5.74, 6) is 0.873. The summed E-state index contributed by atoms with van der Waals surface area (Å²) < 4.78 is 2.41. The smallest absolute Gasteiger partial charge is 0.290 e. The van der Waals surface area contributed by atoms with E-state index in [2.05, 4.69) is 28.9 Å². The lowest BCUT2D eigenvalue weighted by atomic mass is 9.47. The molecule has 0 aromatic carbocycles. The normalized spacial score (nSPS) is 26.4. The summed E-state index contributed by atoms with van der Waals surface area (Å²) in [4.78, 5) is 0. The molecule has 0 unspecified atom stereocenters. The van der Waals surface area contributed by atoms with Crippen molar-refractivity contribution in [3.63, 3.8) is 0 Å². The lowest BCUT2D eigenvalue weighted by molar-refractivity contribution is 0.481. The maximum Gasteiger partial charge on any atom is 0.290 e. The van der Waals surface area contributed by atoms with Crippen molar-refractivity contribution in [3.8, 4) is 0 Å². The zero-order valence-corrected chi connectivity index (χ0v) is 9.42. The lowest BCUT2D eigenvalue weighted by Crippen LogP contribution is -2.70. The summed E-state index contributed by atoms with van der Waals surface area (Å²) in [6.07, 6.45) is 7.13. The molecule has 76 valence electrons. The Kier molecular flexibility index (Phi) is 3.58. The van der Waals surface area contributed by atoms with Crippen molar-refractivity contribution in [2.24, 2.45) is 0 Å². The molecule has 1 saturated heterocycles. The standard InChI is InChI=1S/C8H20B3N3/c1-10-12-9-14(2)11(13-10)8-6-4-3-5-7-8/h8-9,12-13H,3-7H2,1-2H3. The lowest BCUT2D eigenvalue weighted by Gasteiger charge is -2.39. The number of rotatable bonds is 1. The molecule has 1 aliphatic carbocycles. The quantitative estimate of drug-likeness (QED) is 0.584. The average molecular weight is 191 g/mol. The topological polar surface area (TPSA) is 27.3 Å². The van der Waals surface area contributed by atoms with E-state index in [-0.39, 0.29) is 0 Å². The van der Waals surface area contributed by atoms with Gasteiger partial charge in [-0.3, -0.25) is 0 Å². The highest BCUT2D eigenvalue weighted by Gasteiger charge is 2.36. The summed E-state index contributed by atoms with van der Waals surface area (Å²) in [7, 11) is 3.24. The molecule has 2 aliphatic rings. The molecular formula is C8H20B3N3. The number of hydrogen-bond acceptors (Lipinski definition) is 3. The van der Waals surface area contributed by atoms with Crippen LogP contribution in [0.2, 0.25) is 12.6 Å². The summed E-state index contributed by atoms with van der Waals surface area (Å²) in [5, 5.41) is 7.07. The largest absolute Gasteiger partial charge is 0.374 e. The van der Waals surface area contributed by atoms with Gasteiger partial charge in [-0.05, 0) is 12.9 Å². The van der Waals surface area contributed by atoms with Gasteiger partial charge in [-0.15, -0.1) is 0 Å². The zero-order valence-electron chi connectivity index (χ0n) is 9.42. The van der Waals surface area contributed by atoms with E-state index in [0.717, 1.165) is 13.4 Å². The Morgan fingerprint density at radius 1 is 1.29 bits per heavy atom. The van der Waals surface area contributed by atoms with Crippen molar-refractivity contribution in [2.45, 2.75) is 44.7 Å². The van der Waals surface area contributed by atoms with Gasteiger partial charge in [-0.25, -0.2) is 0 Å². The predicted molar refractivity (Wildman–Crippen MR) is 65.4 cm³/mol. The Bertz CT molecular complexity index is 187. The Balaban J connectivity index is 1.92. The molecule has 6 heteroatoms. The summed E-state index contributed by atoms with van der Waals surface area (Å²) >= 11 is 0. The van der Waals surface area contributed by atoms with Crippen LogP contribution in [0, 0.1) is 0 Å². The first-order chi connectivity index (χ1) is 6.77. The zero-order chi connectivity index (χ0) is 9.97. The van der Waals surface area contributed by atoms with Gasteiger partial charge in [0.2, 0.25) is 0 Å². The van der Waals surface area contributed by atoms with Gasteiger partial charge >= 0.3 is 0 Å². The van der Waals surface area contributed by atoms with E-state index >= 15 is 0 Å². The first-order valence-electron chi connectivity index (χ1n) is 5.97. The molecule has 0 radical (unpaired) electrons. The second-order valence-corrected chi connectivity index (χ2v) is 4.85. The van der Waals surface area contributed by atoms with Gasteiger partial charge in [0.1, 0.15) is 0 Å². The van der Waals surface area contributed by atoms with Crippen LogP contribution in [0.5, 0.6) is 0 Å². The fraction of sp³-hybridized carbons (Fsp3) is 1.00. The molecule has 0 aromatic rings. The van der Waals surface area contributed by atoms with E-state index in [1.165, 1.54) is 32.1 Å². The molecule has 0 bridgehead atoms. The minimum absolute atomic E-state index is 0.470.